The highest BCUT2D eigenvalue weighted by Crippen LogP contribution is 2.50. The van der Waals surface area contributed by atoms with Gasteiger partial charge in [0, 0.05) is 5.92 Å². The SMILES string of the molecule is CCCC1=Cc2c(-c3cc4ccccc4c4ccccc34)cccc2C1c1cccc2c1Cc1ccccc1-2. The smallest absolute Gasteiger partial charge is 0.0311 e. The van der Waals surface area contributed by atoms with Gasteiger partial charge in [0.15, 0.2) is 0 Å². The summed E-state index contributed by atoms with van der Waals surface area (Å²) in [4.78, 5) is 0. The number of fused-ring (bicyclic) bond motifs is 7. The number of hydrogen-bond acceptors (Lipinski definition) is 0. The van der Waals surface area contributed by atoms with E-state index >= 15 is 0 Å². The van der Waals surface area contributed by atoms with Crippen molar-refractivity contribution in [1.29, 1.82) is 0 Å². The molecule has 0 heterocycles. The van der Waals surface area contributed by atoms with Gasteiger partial charge in [-0.1, -0.05) is 134 Å². The zero-order valence-corrected chi connectivity index (χ0v) is 22.2. The van der Waals surface area contributed by atoms with E-state index in [0.29, 0.717) is 5.92 Å². The van der Waals surface area contributed by atoms with E-state index in [4.69, 9.17) is 0 Å². The lowest BCUT2D eigenvalue weighted by Crippen LogP contribution is -2.05. The number of benzene rings is 6. The standard InChI is InChI=1S/C39H30/c1-2-11-27-24-38-33(36-22-25-12-3-5-14-28(25)30-16-7-8-17-32(30)36)19-10-21-35(38)39(27)34-20-9-18-31-29-15-6-4-13-26(29)23-37(31)34/h3-10,12-22,24,39H,2,11,23H2,1H3. The van der Waals surface area contributed by atoms with Gasteiger partial charge < -0.3 is 0 Å². The van der Waals surface area contributed by atoms with Crippen LogP contribution in [0.1, 0.15) is 53.5 Å². The minimum Gasteiger partial charge on any atom is -0.0651 e. The summed E-state index contributed by atoms with van der Waals surface area (Å²) in [6, 6.07) is 43.1. The number of rotatable bonds is 4. The predicted octanol–water partition coefficient (Wildman–Crippen LogP) is 10.6. The minimum atomic E-state index is 0.316. The van der Waals surface area contributed by atoms with Crippen molar-refractivity contribution in [3.8, 4) is 22.3 Å². The second kappa shape index (κ2) is 8.82. The molecule has 0 nitrogen and oxygen atoms in total. The Morgan fingerprint density at radius 2 is 1.28 bits per heavy atom. The van der Waals surface area contributed by atoms with Crippen LogP contribution >= 0.6 is 0 Å². The maximum Gasteiger partial charge on any atom is 0.0311 e. The van der Waals surface area contributed by atoms with Crippen molar-refractivity contribution in [1.82, 2.24) is 0 Å². The van der Waals surface area contributed by atoms with Crippen molar-refractivity contribution in [2.24, 2.45) is 0 Å². The van der Waals surface area contributed by atoms with Crippen LogP contribution in [-0.4, -0.2) is 0 Å². The lowest BCUT2D eigenvalue weighted by atomic mass is 9.82. The summed E-state index contributed by atoms with van der Waals surface area (Å²) in [5, 5.41) is 5.28. The molecule has 0 radical (unpaired) electrons. The van der Waals surface area contributed by atoms with E-state index < -0.39 is 0 Å². The molecule has 6 aromatic rings. The fourth-order valence-electron chi connectivity index (χ4n) is 7.30. The fourth-order valence-corrected chi connectivity index (χ4v) is 7.30. The summed E-state index contributed by atoms with van der Waals surface area (Å²) in [7, 11) is 0. The Morgan fingerprint density at radius 3 is 2.15 bits per heavy atom. The first-order valence-electron chi connectivity index (χ1n) is 14.3. The Kier molecular flexibility index (Phi) is 5.10. The van der Waals surface area contributed by atoms with Gasteiger partial charge in [-0.25, -0.2) is 0 Å². The molecule has 1 unspecified atom stereocenters. The predicted molar refractivity (Wildman–Crippen MR) is 166 cm³/mol. The third-order valence-corrected chi connectivity index (χ3v) is 8.95. The lowest BCUT2D eigenvalue weighted by Gasteiger charge is -2.21. The van der Waals surface area contributed by atoms with E-state index in [1.165, 1.54) is 71.6 Å². The Morgan fingerprint density at radius 1 is 0.590 bits per heavy atom. The molecule has 0 amide bonds. The minimum absolute atomic E-state index is 0.316. The summed E-state index contributed by atoms with van der Waals surface area (Å²) in [5.41, 5.74) is 14.4. The van der Waals surface area contributed by atoms with Crippen LogP contribution in [0.4, 0.5) is 0 Å². The normalized spacial score (nSPS) is 15.3. The summed E-state index contributed by atoms with van der Waals surface area (Å²) in [6.07, 6.45) is 5.83. The van der Waals surface area contributed by atoms with E-state index in [9.17, 15) is 0 Å². The van der Waals surface area contributed by atoms with Gasteiger partial charge in [-0.3, -0.25) is 0 Å². The van der Waals surface area contributed by atoms with Crippen molar-refractivity contribution < 1.29 is 0 Å². The molecule has 8 rings (SSSR count). The van der Waals surface area contributed by atoms with E-state index in [-0.39, 0.29) is 0 Å². The Bertz CT molecular complexity index is 1950. The van der Waals surface area contributed by atoms with Crippen molar-refractivity contribution in [3.05, 3.63) is 149 Å². The van der Waals surface area contributed by atoms with Gasteiger partial charge in [0.2, 0.25) is 0 Å². The van der Waals surface area contributed by atoms with Gasteiger partial charge in [-0.05, 0) is 90.5 Å². The van der Waals surface area contributed by atoms with Crippen LogP contribution in [0.2, 0.25) is 0 Å². The second-order valence-electron chi connectivity index (χ2n) is 11.1. The van der Waals surface area contributed by atoms with E-state index in [2.05, 4.69) is 128 Å². The van der Waals surface area contributed by atoms with Crippen LogP contribution in [0, 0.1) is 0 Å². The highest BCUT2D eigenvalue weighted by Gasteiger charge is 2.32. The van der Waals surface area contributed by atoms with Crippen LogP contribution in [0.5, 0.6) is 0 Å². The zero-order valence-electron chi connectivity index (χ0n) is 22.2. The highest BCUT2D eigenvalue weighted by molar-refractivity contribution is 6.14. The maximum atomic E-state index is 2.53. The molecule has 0 saturated heterocycles. The molecular weight excluding hydrogens is 468 g/mol. The fraction of sp³-hybridized carbons (Fsp3) is 0.128. The molecule has 2 aliphatic rings. The molecule has 186 valence electrons. The van der Waals surface area contributed by atoms with Crippen molar-refractivity contribution in [2.45, 2.75) is 32.1 Å². The molecule has 0 saturated carbocycles. The van der Waals surface area contributed by atoms with Gasteiger partial charge in [0.05, 0.1) is 0 Å². The van der Waals surface area contributed by atoms with Crippen LogP contribution in [0.15, 0.2) is 121 Å². The first kappa shape index (κ1) is 22.6. The molecule has 0 heteroatoms. The van der Waals surface area contributed by atoms with E-state index in [0.717, 1.165) is 19.3 Å². The molecule has 2 aliphatic carbocycles. The summed E-state index contributed by atoms with van der Waals surface area (Å²) in [6.45, 7) is 2.31. The Labute approximate surface area is 230 Å². The van der Waals surface area contributed by atoms with Crippen LogP contribution in [0.25, 0.3) is 49.9 Å². The van der Waals surface area contributed by atoms with Crippen molar-refractivity contribution >= 4 is 27.6 Å². The molecular formula is C39H30. The lowest BCUT2D eigenvalue weighted by molar-refractivity contribution is 0.824. The zero-order chi connectivity index (χ0) is 25.9. The summed E-state index contributed by atoms with van der Waals surface area (Å²) >= 11 is 0. The summed E-state index contributed by atoms with van der Waals surface area (Å²) in [5.74, 6) is 0.316. The quantitative estimate of drug-likeness (QED) is 0.212. The monoisotopic (exact) mass is 498 g/mol. The molecule has 0 N–H and O–H groups in total. The highest BCUT2D eigenvalue weighted by atomic mass is 14.4. The van der Waals surface area contributed by atoms with Crippen LogP contribution < -0.4 is 0 Å². The molecule has 0 fully saturated rings. The van der Waals surface area contributed by atoms with Crippen molar-refractivity contribution in [3.63, 3.8) is 0 Å². The van der Waals surface area contributed by atoms with Gasteiger partial charge in [-0.15, -0.1) is 0 Å². The Balaban J connectivity index is 1.36. The molecule has 1 atom stereocenters. The number of hydrogen-bond donors (Lipinski definition) is 0. The van der Waals surface area contributed by atoms with Gasteiger partial charge in [0.25, 0.3) is 0 Å². The van der Waals surface area contributed by atoms with Crippen LogP contribution in [0.3, 0.4) is 0 Å². The third kappa shape index (κ3) is 3.38. The Hall–Kier alpha value is -4.42. The molecule has 0 bridgehead atoms. The summed E-state index contributed by atoms with van der Waals surface area (Å²) < 4.78 is 0. The average Bonchev–Trinajstić information content (AvgIpc) is 3.55. The largest absolute Gasteiger partial charge is 0.0651 e. The van der Waals surface area contributed by atoms with Crippen molar-refractivity contribution in [2.75, 3.05) is 0 Å². The molecule has 0 aliphatic heterocycles. The number of allylic oxidation sites excluding steroid dienone is 1. The first-order chi connectivity index (χ1) is 19.3. The molecule has 0 spiro atoms. The van der Waals surface area contributed by atoms with E-state index in [1.54, 1.807) is 5.57 Å². The van der Waals surface area contributed by atoms with Gasteiger partial charge >= 0.3 is 0 Å². The molecule has 0 aromatic heterocycles. The van der Waals surface area contributed by atoms with Crippen LogP contribution in [-0.2, 0) is 6.42 Å². The third-order valence-electron chi connectivity index (χ3n) is 8.95. The maximum absolute atomic E-state index is 2.53. The topological polar surface area (TPSA) is 0 Å². The van der Waals surface area contributed by atoms with E-state index in [1.807, 2.05) is 0 Å². The average molecular weight is 499 g/mol. The molecule has 6 aromatic carbocycles. The van der Waals surface area contributed by atoms with Gasteiger partial charge in [0.1, 0.15) is 0 Å². The molecule has 39 heavy (non-hydrogen) atoms. The second-order valence-corrected chi connectivity index (χ2v) is 11.1. The first-order valence-corrected chi connectivity index (χ1v) is 14.3. The van der Waals surface area contributed by atoms with Gasteiger partial charge in [-0.2, -0.15) is 0 Å².